The first-order chi connectivity index (χ1) is 15.2. The number of carbonyl (C=O) groups is 1. The molecule has 31 heavy (non-hydrogen) atoms. The SMILES string of the molecule is CCOCCOc1nc(-c2ccc3c(c2)OCO3)n(-c2ccc(NC(=O)CC)cc2)n1. The molecule has 0 fully saturated rings. The molecule has 0 saturated heterocycles. The third kappa shape index (κ3) is 4.77. The van der Waals surface area contributed by atoms with Gasteiger partial charge in [-0.1, -0.05) is 6.92 Å². The second kappa shape index (κ2) is 9.48. The highest BCUT2D eigenvalue weighted by molar-refractivity contribution is 5.90. The summed E-state index contributed by atoms with van der Waals surface area (Å²) >= 11 is 0. The minimum Gasteiger partial charge on any atom is -0.460 e. The summed E-state index contributed by atoms with van der Waals surface area (Å²) in [5, 5.41) is 7.36. The normalized spacial score (nSPS) is 12.1. The quantitative estimate of drug-likeness (QED) is 0.526. The summed E-state index contributed by atoms with van der Waals surface area (Å²) in [4.78, 5) is 16.2. The first-order valence-electron chi connectivity index (χ1n) is 10.2. The fourth-order valence-electron chi connectivity index (χ4n) is 3.03. The van der Waals surface area contributed by atoms with E-state index in [1.807, 2.05) is 56.3 Å². The van der Waals surface area contributed by atoms with Gasteiger partial charge in [-0.05, 0) is 49.4 Å². The molecule has 0 saturated carbocycles. The van der Waals surface area contributed by atoms with Crippen molar-refractivity contribution in [3.8, 4) is 34.6 Å². The minimum atomic E-state index is -0.0421. The van der Waals surface area contributed by atoms with Crippen LogP contribution in [-0.2, 0) is 9.53 Å². The number of nitrogens with one attached hydrogen (secondary N) is 1. The van der Waals surface area contributed by atoms with E-state index in [1.165, 1.54) is 0 Å². The summed E-state index contributed by atoms with van der Waals surface area (Å²) in [6.07, 6.45) is 0.418. The first kappa shape index (κ1) is 20.7. The van der Waals surface area contributed by atoms with Crippen LogP contribution in [0.3, 0.4) is 0 Å². The van der Waals surface area contributed by atoms with Crippen LogP contribution < -0.4 is 19.5 Å². The van der Waals surface area contributed by atoms with E-state index in [1.54, 1.807) is 4.68 Å². The highest BCUT2D eigenvalue weighted by atomic mass is 16.7. The molecule has 1 aromatic heterocycles. The average molecular weight is 424 g/mol. The molecule has 1 aliphatic heterocycles. The molecule has 162 valence electrons. The van der Waals surface area contributed by atoms with Gasteiger partial charge in [-0.3, -0.25) is 4.79 Å². The van der Waals surface area contributed by atoms with Gasteiger partial charge in [0.1, 0.15) is 6.61 Å². The Morgan fingerprint density at radius 2 is 1.90 bits per heavy atom. The van der Waals surface area contributed by atoms with Crippen LogP contribution in [-0.4, -0.2) is 47.3 Å². The number of carbonyl (C=O) groups excluding carboxylic acids is 1. The van der Waals surface area contributed by atoms with Crippen molar-refractivity contribution in [2.75, 3.05) is 31.9 Å². The molecule has 9 heteroatoms. The first-order valence-corrected chi connectivity index (χ1v) is 10.2. The molecule has 0 atom stereocenters. The lowest BCUT2D eigenvalue weighted by atomic mass is 10.2. The largest absolute Gasteiger partial charge is 0.460 e. The molecule has 0 unspecified atom stereocenters. The molecule has 2 heterocycles. The van der Waals surface area contributed by atoms with E-state index in [4.69, 9.17) is 18.9 Å². The topological polar surface area (TPSA) is 96.7 Å². The van der Waals surface area contributed by atoms with E-state index in [0.717, 1.165) is 11.3 Å². The zero-order chi connectivity index (χ0) is 21.6. The highest BCUT2D eigenvalue weighted by Crippen LogP contribution is 2.36. The summed E-state index contributed by atoms with van der Waals surface area (Å²) < 4.78 is 23.6. The van der Waals surface area contributed by atoms with E-state index in [9.17, 15) is 4.79 Å². The number of benzene rings is 2. The zero-order valence-electron chi connectivity index (χ0n) is 17.5. The molecular formula is C22H24N4O5. The summed E-state index contributed by atoms with van der Waals surface area (Å²) in [5.41, 5.74) is 2.29. The fraction of sp³-hybridized carbons (Fsp3) is 0.318. The fourth-order valence-corrected chi connectivity index (χ4v) is 3.03. The number of hydrogen-bond acceptors (Lipinski definition) is 7. The molecule has 9 nitrogen and oxygen atoms in total. The lowest BCUT2D eigenvalue weighted by molar-refractivity contribution is -0.115. The van der Waals surface area contributed by atoms with Crippen molar-refractivity contribution in [2.24, 2.45) is 0 Å². The number of anilines is 1. The summed E-state index contributed by atoms with van der Waals surface area (Å²) in [6, 6.07) is 13.2. The number of ether oxygens (including phenoxy) is 4. The zero-order valence-corrected chi connectivity index (χ0v) is 17.5. The highest BCUT2D eigenvalue weighted by Gasteiger charge is 2.19. The Bertz CT molecular complexity index is 1050. The van der Waals surface area contributed by atoms with Crippen LogP contribution in [0.5, 0.6) is 17.5 Å². The number of fused-ring (bicyclic) bond motifs is 1. The molecule has 0 aliphatic carbocycles. The van der Waals surface area contributed by atoms with Crippen molar-refractivity contribution in [1.29, 1.82) is 0 Å². The Kier molecular flexibility index (Phi) is 6.32. The third-order valence-electron chi connectivity index (χ3n) is 4.60. The van der Waals surface area contributed by atoms with Crippen LogP contribution in [0.4, 0.5) is 5.69 Å². The van der Waals surface area contributed by atoms with Crippen molar-refractivity contribution in [3.05, 3.63) is 42.5 Å². The molecule has 0 bridgehead atoms. The van der Waals surface area contributed by atoms with E-state index in [-0.39, 0.29) is 18.7 Å². The molecule has 4 rings (SSSR count). The van der Waals surface area contributed by atoms with Gasteiger partial charge in [-0.25, -0.2) is 4.68 Å². The van der Waals surface area contributed by atoms with E-state index >= 15 is 0 Å². The van der Waals surface area contributed by atoms with Gasteiger partial charge in [0.05, 0.1) is 12.3 Å². The van der Waals surface area contributed by atoms with Gasteiger partial charge in [0.25, 0.3) is 0 Å². The lowest BCUT2D eigenvalue weighted by Gasteiger charge is -2.08. The molecule has 0 spiro atoms. The van der Waals surface area contributed by atoms with Crippen molar-refractivity contribution < 1.29 is 23.7 Å². The van der Waals surface area contributed by atoms with Crippen LogP contribution in [0.15, 0.2) is 42.5 Å². The number of amides is 1. The summed E-state index contributed by atoms with van der Waals surface area (Å²) in [5.74, 6) is 1.90. The maximum absolute atomic E-state index is 11.6. The standard InChI is InChI=1S/C22H24N4O5/c1-3-20(27)23-16-6-8-17(9-7-16)26-21(24-22(25-26)29-12-11-28-4-2)15-5-10-18-19(13-15)31-14-30-18/h5-10,13H,3-4,11-12,14H2,1-2H3,(H,23,27). The van der Waals surface area contributed by atoms with Crippen molar-refractivity contribution in [1.82, 2.24) is 14.8 Å². The van der Waals surface area contributed by atoms with Gasteiger partial charge < -0.3 is 24.3 Å². The average Bonchev–Trinajstić information content (AvgIpc) is 3.43. The Hall–Kier alpha value is -3.59. The van der Waals surface area contributed by atoms with E-state index < -0.39 is 0 Å². The van der Waals surface area contributed by atoms with Gasteiger partial charge >= 0.3 is 6.01 Å². The second-order valence-electron chi connectivity index (χ2n) is 6.69. The van der Waals surface area contributed by atoms with Crippen LogP contribution >= 0.6 is 0 Å². The Balaban J connectivity index is 1.64. The third-order valence-corrected chi connectivity index (χ3v) is 4.60. The van der Waals surface area contributed by atoms with Crippen molar-refractivity contribution in [3.63, 3.8) is 0 Å². The van der Waals surface area contributed by atoms with E-state index in [0.29, 0.717) is 49.3 Å². The monoisotopic (exact) mass is 424 g/mol. The van der Waals surface area contributed by atoms with Gasteiger partial charge in [0.15, 0.2) is 17.3 Å². The molecule has 2 aromatic carbocycles. The van der Waals surface area contributed by atoms with Crippen LogP contribution in [0, 0.1) is 0 Å². The molecule has 0 radical (unpaired) electrons. The predicted molar refractivity (Wildman–Crippen MR) is 114 cm³/mol. The van der Waals surface area contributed by atoms with Crippen molar-refractivity contribution >= 4 is 11.6 Å². The van der Waals surface area contributed by atoms with Crippen LogP contribution in [0.1, 0.15) is 20.3 Å². The number of nitrogens with zero attached hydrogens (tertiary/aromatic N) is 3. The van der Waals surface area contributed by atoms with E-state index in [2.05, 4.69) is 15.4 Å². The molecule has 1 amide bonds. The Labute approximate surface area is 179 Å². The maximum Gasteiger partial charge on any atom is 0.336 e. The smallest absolute Gasteiger partial charge is 0.336 e. The van der Waals surface area contributed by atoms with Gasteiger partial charge in [0.2, 0.25) is 12.7 Å². The van der Waals surface area contributed by atoms with Crippen LogP contribution in [0.2, 0.25) is 0 Å². The number of rotatable bonds is 9. The molecule has 3 aromatic rings. The van der Waals surface area contributed by atoms with Crippen molar-refractivity contribution in [2.45, 2.75) is 20.3 Å². The van der Waals surface area contributed by atoms with Gasteiger partial charge in [0, 0.05) is 24.3 Å². The number of hydrogen-bond donors (Lipinski definition) is 1. The second-order valence-corrected chi connectivity index (χ2v) is 6.69. The molecule has 1 aliphatic rings. The lowest BCUT2D eigenvalue weighted by Crippen LogP contribution is -2.09. The maximum atomic E-state index is 11.6. The molecule has 1 N–H and O–H groups in total. The minimum absolute atomic E-state index is 0.0421. The Morgan fingerprint density at radius 1 is 1.10 bits per heavy atom. The predicted octanol–water partition coefficient (Wildman–Crippen LogP) is 3.43. The van der Waals surface area contributed by atoms with Gasteiger partial charge in [-0.2, -0.15) is 4.98 Å². The Morgan fingerprint density at radius 3 is 2.68 bits per heavy atom. The molecular weight excluding hydrogens is 400 g/mol. The number of aromatic nitrogens is 3. The summed E-state index contributed by atoms with van der Waals surface area (Å²) in [6.45, 7) is 5.36. The van der Waals surface area contributed by atoms with Crippen LogP contribution in [0.25, 0.3) is 17.1 Å². The van der Waals surface area contributed by atoms with Gasteiger partial charge in [-0.15, -0.1) is 5.10 Å². The summed E-state index contributed by atoms with van der Waals surface area (Å²) in [7, 11) is 0.